The zero-order valence-corrected chi connectivity index (χ0v) is 10.3. The first-order valence-corrected chi connectivity index (χ1v) is 5.48. The minimum atomic E-state index is -0.786. The van der Waals surface area contributed by atoms with Crippen molar-refractivity contribution >= 4 is 15.9 Å². The monoisotopic (exact) mass is 276 g/mol. The van der Waals surface area contributed by atoms with Gasteiger partial charge in [0.15, 0.2) is 11.6 Å². The van der Waals surface area contributed by atoms with Gasteiger partial charge in [-0.05, 0) is 32.0 Å². The van der Waals surface area contributed by atoms with Crippen LogP contribution in [-0.4, -0.2) is 17.3 Å². The second-order valence-corrected chi connectivity index (χ2v) is 4.90. The van der Waals surface area contributed by atoms with Crippen LogP contribution in [0.5, 0.6) is 5.75 Å². The number of hydrogen-bond donors (Lipinski definition) is 1. The van der Waals surface area contributed by atoms with E-state index in [2.05, 4.69) is 15.9 Å². The van der Waals surface area contributed by atoms with Gasteiger partial charge in [0, 0.05) is 10.9 Å². The summed E-state index contributed by atoms with van der Waals surface area (Å²) in [5, 5.41) is 9.43. The zero-order valence-electron chi connectivity index (χ0n) is 8.76. The van der Waals surface area contributed by atoms with Crippen LogP contribution in [0.15, 0.2) is 22.7 Å². The molecular formula is C11H14BrFO2. The quantitative estimate of drug-likeness (QED) is 0.916. The van der Waals surface area contributed by atoms with Gasteiger partial charge in [0.1, 0.15) is 0 Å². The maximum absolute atomic E-state index is 13.3. The van der Waals surface area contributed by atoms with Crippen LogP contribution in [-0.2, 0) is 0 Å². The molecule has 0 saturated carbocycles. The lowest BCUT2D eigenvalue weighted by atomic mass is 10.1. The molecule has 1 aromatic carbocycles. The van der Waals surface area contributed by atoms with Crippen LogP contribution in [0.2, 0.25) is 0 Å². The van der Waals surface area contributed by atoms with Crippen molar-refractivity contribution in [1.29, 1.82) is 0 Å². The Bertz CT molecular complexity index is 334. The van der Waals surface area contributed by atoms with E-state index in [1.165, 1.54) is 6.07 Å². The Labute approximate surface area is 97.2 Å². The smallest absolute Gasteiger partial charge is 0.166 e. The molecule has 0 aromatic heterocycles. The summed E-state index contributed by atoms with van der Waals surface area (Å²) in [6.45, 7) is 3.67. The molecule has 2 nitrogen and oxygen atoms in total. The molecule has 0 atom stereocenters. The number of benzene rings is 1. The Balaban J connectivity index is 2.51. The van der Waals surface area contributed by atoms with E-state index in [1.54, 1.807) is 26.0 Å². The maximum Gasteiger partial charge on any atom is 0.166 e. The van der Waals surface area contributed by atoms with E-state index in [4.69, 9.17) is 4.74 Å². The lowest BCUT2D eigenvalue weighted by Crippen LogP contribution is -2.21. The Hall–Kier alpha value is -0.610. The minimum absolute atomic E-state index is 0.211. The van der Waals surface area contributed by atoms with Gasteiger partial charge in [-0.15, -0.1) is 0 Å². The van der Waals surface area contributed by atoms with Gasteiger partial charge in [0.2, 0.25) is 0 Å². The molecule has 0 fully saturated rings. The first kappa shape index (κ1) is 12.5. The fourth-order valence-electron chi connectivity index (χ4n) is 1.00. The highest BCUT2D eigenvalue weighted by atomic mass is 79.9. The normalized spacial score (nSPS) is 11.5. The molecule has 0 heterocycles. The predicted octanol–water partition coefficient (Wildman–Crippen LogP) is 3.13. The summed E-state index contributed by atoms with van der Waals surface area (Å²) in [5.74, 6) is -0.192. The van der Waals surface area contributed by atoms with Crippen molar-refractivity contribution in [2.24, 2.45) is 0 Å². The molecule has 0 aliphatic rings. The molecule has 15 heavy (non-hydrogen) atoms. The van der Waals surface area contributed by atoms with Gasteiger partial charge in [-0.3, -0.25) is 0 Å². The molecular weight excluding hydrogens is 263 g/mol. The van der Waals surface area contributed by atoms with Gasteiger partial charge in [0.05, 0.1) is 12.2 Å². The number of halogens is 2. The molecule has 0 aliphatic carbocycles. The fraction of sp³-hybridized carbons (Fsp3) is 0.455. The van der Waals surface area contributed by atoms with Gasteiger partial charge < -0.3 is 9.84 Å². The minimum Gasteiger partial charge on any atom is -0.490 e. The Morgan fingerprint density at radius 2 is 2.13 bits per heavy atom. The third-order valence-corrected chi connectivity index (χ3v) is 2.36. The van der Waals surface area contributed by atoms with Crippen LogP contribution in [0, 0.1) is 5.82 Å². The molecule has 0 bridgehead atoms. The van der Waals surface area contributed by atoms with Crippen LogP contribution in [0.1, 0.15) is 20.3 Å². The van der Waals surface area contributed by atoms with Crippen molar-refractivity contribution in [3.63, 3.8) is 0 Å². The zero-order chi connectivity index (χ0) is 11.5. The molecule has 4 heteroatoms. The summed E-state index contributed by atoms with van der Waals surface area (Å²) in [6, 6.07) is 4.62. The second-order valence-electron chi connectivity index (χ2n) is 3.99. The van der Waals surface area contributed by atoms with E-state index in [-0.39, 0.29) is 5.75 Å². The largest absolute Gasteiger partial charge is 0.490 e. The molecule has 1 aromatic rings. The highest BCUT2D eigenvalue weighted by molar-refractivity contribution is 9.10. The lowest BCUT2D eigenvalue weighted by molar-refractivity contribution is 0.0547. The van der Waals surface area contributed by atoms with E-state index in [1.807, 2.05) is 0 Å². The molecule has 0 radical (unpaired) electrons. The number of rotatable bonds is 4. The van der Waals surface area contributed by atoms with E-state index in [0.717, 1.165) is 0 Å². The standard InChI is InChI=1S/C11H14BrFO2/c1-11(2,14)5-6-15-10-4-3-8(12)7-9(10)13/h3-4,7,14H,5-6H2,1-2H3. The lowest BCUT2D eigenvalue weighted by Gasteiger charge is -2.17. The highest BCUT2D eigenvalue weighted by Crippen LogP contribution is 2.22. The van der Waals surface area contributed by atoms with Crippen molar-refractivity contribution in [2.75, 3.05) is 6.61 Å². The highest BCUT2D eigenvalue weighted by Gasteiger charge is 2.13. The summed E-state index contributed by atoms with van der Waals surface area (Å²) < 4.78 is 19.1. The topological polar surface area (TPSA) is 29.5 Å². The summed E-state index contributed by atoms with van der Waals surface area (Å²) in [7, 11) is 0. The van der Waals surface area contributed by atoms with Gasteiger partial charge >= 0.3 is 0 Å². The maximum atomic E-state index is 13.3. The van der Waals surface area contributed by atoms with E-state index < -0.39 is 11.4 Å². The van der Waals surface area contributed by atoms with Crippen LogP contribution >= 0.6 is 15.9 Å². The number of ether oxygens (including phenoxy) is 1. The van der Waals surface area contributed by atoms with Crippen LogP contribution in [0.4, 0.5) is 4.39 Å². The van der Waals surface area contributed by atoms with Crippen molar-refractivity contribution in [2.45, 2.75) is 25.9 Å². The molecule has 0 amide bonds. The van der Waals surface area contributed by atoms with Crippen molar-refractivity contribution in [3.05, 3.63) is 28.5 Å². The van der Waals surface area contributed by atoms with Crippen LogP contribution < -0.4 is 4.74 Å². The van der Waals surface area contributed by atoms with Gasteiger partial charge in [-0.25, -0.2) is 4.39 Å². The van der Waals surface area contributed by atoms with Crippen LogP contribution in [0.25, 0.3) is 0 Å². The third kappa shape index (κ3) is 4.62. The molecule has 0 spiro atoms. The van der Waals surface area contributed by atoms with Crippen molar-refractivity contribution < 1.29 is 14.2 Å². The van der Waals surface area contributed by atoms with Gasteiger partial charge in [0.25, 0.3) is 0 Å². The fourth-order valence-corrected chi connectivity index (χ4v) is 1.34. The average molecular weight is 277 g/mol. The molecule has 0 saturated heterocycles. The number of hydrogen-bond acceptors (Lipinski definition) is 2. The molecule has 0 aliphatic heterocycles. The van der Waals surface area contributed by atoms with Crippen LogP contribution in [0.3, 0.4) is 0 Å². The van der Waals surface area contributed by atoms with E-state index in [0.29, 0.717) is 17.5 Å². The third-order valence-electron chi connectivity index (χ3n) is 1.87. The average Bonchev–Trinajstić information content (AvgIpc) is 2.07. The predicted molar refractivity (Wildman–Crippen MR) is 60.5 cm³/mol. The SMILES string of the molecule is CC(C)(O)CCOc1ccc(Br)cc1F. The summed E-state index contributed by atoms with van der Waals surface area (Å²) >= 11 is 3.16. The molecule has 1 N–H and O–H groups in total. The molecule has 84 valence electrons. The summed E-state index contributed by atoms with van der Waals surface area (Å²) in [6.07, 6.45) is 0.461. The Morgan fingerprint density at radius 1 is 1.47 bits per heavy atom. The Kier molecular flexibility index (Phi) is 4.11. The van der Waals surface area contributed by atoms with Gasteiger partial charge in [-0.2, -0.15) is 0 Å². The van der Waals surface area contributed by atoms with Crippen molar-refractivity contribution in [3.8, 4) is 5.75 Å². The second kappa shape index (κ2) is 4.94. The summed E-state index contributed by atoms with van der Waals surface area (Å²) in [4.78, 5) is 0. The van der Waals surface area contributed by atoms with Gasteiger partial charge in [-0.1, -0.05) is 15.9 Å². The first-order chi connectivity index (χ1) is 6.88. The first-order valence-electron chi connectivity index (χ1n) is 4.69. The van der Waals surface area contributed by atoms with Crippen molar-refractivity contribution in [1.82, 2.24) is 0 Å². The summed E-state index contributed by atoms with van der Waals surface area (Å²) in [5.41, 5.74) is -0.786. The molecule has 1 rings (SSSR count). The Morgan fingerprint density at radius 3 is 2.67 bits per heavy atom. The van der Waals surface area contributed by atoms with E-state index >= 15 is 0 Å². The molecule has 0 unspecified atom stereocenters. The van der Waals surface area contributed by atoms with E-state index in [9.17, 15) is 9.50 Å². The number of aliphatic hydroxyl groups is 1.